The summed E-state index contributed by atoms with van der Waals surface area (Å²) in [5.41, 5.74) is -1.77. The number of hydrogen-bond donors (Lipinski definition) is 2. The molecule has 0 aromatic carbocycles. The van der Waals surface area contributed by atoms with Crippen molar-refractivity contribution < 1.29 is 14.7 Å². The van der Waals surface area contributed by atoms with Crippen LogP contribution in [-0.4, -0.2) is 46.1 Å². The number of carbonyl (C=O) groups excluding carboxylic acids is 2. The Hall–Kier alpha value is -1.10. The Balaban J connectivity index is 2.76. The van der Waals surface area contributed by atoms with Crippen molar-refractivity contribution in [3.63, 3.8) is 0 Å². The highest BCUT2D eigenvalue weighted by atomic mass is 16.3. The highest BCUT2D eigenvalue weighted by Crippen LogP contribution is 2.28. The number of aliphatic hydroxyl groups is 1. The fraction of sp³-hybridized carbons (Fsp3) is 0.833. The topological polar surface area (TPSA) is 69.6 Å². The minimum absolute atomic E-state index is 0.0413. The molecule has 5 nitrogen and oxygen atoms in total. The minimum atomic E-state index is -0.925. The molecule has 0 radical (unpaired) electrons. The molecule has 1 saturated heterocycles. The third-order valence-corrected chi connectivity index (χ3v) is 3.38. The molecule has 1 aliphatic rings. The zero-order chi connectivity index (χ0) is 13.4. The molecule has 1 rings (SSSR count). The Morgan fingerprint density at radius 1 is 1.47 bits per heavy atom. The predicted molar refractivity (Wildman–Crippen MR) is 64.3 cm³/mol. The lowest BCUT2D eigenvalue weighted by atomic mass is 9.95. The Morgan fingerprint density at radius 2 is 2.00 bits per heavy atom. The smallest absolute Gasteiger partial charge is 0.247 e. The molecule has 0 saturated carbocycles. The number of amides is 2. The monoisotopic (exact) mass is 242 g/mol. The second-order valence-corrected chi connectivity index (χ2v) is 5.75. The lowest BCUT2D eigenvalue weighted by molar-refractivity contribution is -0.139. The quantitative estimate of drug-likeness (QED) is 0.723. The normalized spacial score (nSPS) is 29.3. The van der Waals surface area contributed by atoms with E-state index in [-0.39, 0.29) is 17.7 Å². The van der Waals surface area contributed by atoms with Crippen LogP contribution in [0.2, 0.25) is 0 Å². The molecule has 0 bridgehead atoms. The first-order valence-electron chi connectivity index (χ1n) is 5.87. The Morgan fingerprint density at radius 3 is 2.35 bits per heavy atom. The van der Waals surface area contributed by atoms with Crippen molar-refractivity contribution in [3.8, 4) is 0 Å². The van der Waals surface area contributed by atoms with Crippen LogP contribution in [0, 0.1) is 5.92 Å². The first-order chi connectivity index (χ1) is 7.56. The molecule has 0 spiro atoms. The maximum atomic E-state index is 12.2. The lowest BCUT2D eigenvalue weighted by Gasteiger charge is -2.30. The van der Waals surface area contributed by atoms with Crippen LogP contribution in [0.5, 0.6) is 0 Å². The SMILES string of the molecule is CC(=O)NC(C)(C)C(=O)N1CC(C)C(C)(O)C1. The van der Waals surface area contributed by atoms with E-state index in [0.29, 0.717) is 13.1 Å². The molecule has 98 valence electrons. The highest BCUT2D eigenvalue weighted by molar-refractivity contribution is 5.90. The maximum Gasteiger partial charge on any atom is 0.247 e. The van der Waals surface area contributed by atoms with E-state index in [4.69, 9.17) is 0 Å². The van der Waals surface area contributed by atoms with Crippen LogP contribution < -0.4 is 5.32 Å². The summed E-state index contributed by atoms with van der Waals surface area (Å²) in [6.45, 7) is 9.22. The van der Waals surface area contributed by atoms with E-state index in [9.17, 15) is 14.7 Å². The fourth-order valence-corrected chi connectivity index (χ4v) is 2.18. The largest absolute Gasteiger partial charge is 0.388 e. The molecule has 1 aliphatic heterocycles. The summed E-state index contributed by atoms with van der Waals surface area (Å²) in [5, 5.41) is 12.7. The Labute approximate surface area is 102 Å². The predicted octanol–water partition coefficient (Wildman–Crippen LogP) is 0.130. The molecular formula is C12H22N2O3. The second-order valence-electron chi connectivity index (χ2n) is 5.75. The van der Waals surface area contributed by atoms with E-state index >= 15 is 0 Å². The number of nitrogens with zero attached hydrogens (tertiary/aromatic N) is 1. The van der Waals surface area contributed by atoms with Crippen molar-refractivity contribution in [1.29, 1.82) is 0 Å². The van der Waals surface area contributed by atoms with E-state index in [1.807, 2.05) is 6.92 Å². The summed E-state index contributed by atoms with van der Waals surface area (Å²) in [6, 6.07) is 0. The van der Waals surface area contributed by atoms with Crippen molar-refractivity contribution in [1.82, 2.24) is 10.2 Å². The van der Waals surface area contributed by atoms with Crippen LogP contribution in [0.4, 0.5) is 0 Å². The van der Waals surface area contributed by atoms with Crippen LogP contribution in [0.15, 0.2) is 0 Å². The van der Waals surface area contributed by atoms with Gasteiger partial charge in [0.25, 0.3) is 0 Å². The second kappa shape index (κ2) is 4.29. The van der Waals surface area contributed by atoms with Gasteiger partial charge in [-0.3, -0.25) is 9.59 Å². The molecule has 2 atom stereocenters. The van der Waals surface area contributed by atoms with Gasteiger partial charge in [0.2, 0.25) is 11.8 Å². The van der Waals surface area contributed by atoms with E-state index in [0.717, 1.165) is 0 Å². The van der Waals surface area contributed by atoms with Gasteiger partial charge < -0.3 is 15.3 Å². The molecule has 17 heavy (non-hydrogen) atoms. The van der Waals surface area contributed by atoms with Gasteiger partial charge in [-0.25, -0.2) is 0 Å². The fourth-order valence-electron chi connectivity index (χ4n) is 2.18. The first-order valence-corrected chi connectivity index (χ1v) is 5.87. The number of carbonyl (C=O) groups is 2. The lowest BCUT2D eigenvalue weighted by Crippen LogP contribution is -2.55. The molecule has 2 N–H and O–H groups in total. The summed E-state index contributed by atoms with van der Waals surface area (Å²) in [7, 11) is 0. The van der Waals surface area contributed by atoms with Crippen molar-refractivity contribution >= 4 is 11.8 Å². The standard InChI is InChI=1S/C12H22N2O3/c1-8-6-14(7-12(8,5)17)10(16)11(3,4)13-9(2)15/h8,17H,6-7H2,1-5H3,(H,13,15). The average molecular weight is 242 g/mol. The average Bonchev–Trinajstić information content (AvgIpc) is 2.38. The van der Waals surface area contributed by atoms with Gasteiger partial charge >= 0.3 is 0 Å². The summed E-state index contributed by atoms with van der Waals surface area (Å²) in [4.78, 5) is 24.9. The van der Waals surface area contributed by atoms with Gasteiger partial charge in [-0.2, -0.15) is 0 Å². The third-order valence-electron chi connectivity index (χ3n) is 3.38. The van der Waals surface area contributed by atoms with Crippen molar-refractivity contribution in [2.24, 2.45) is 5.92 Å². The van der Waals surface area contributed by atoms with Gasteiger partial charge in [0.1, 0.15) is 5.54 Å². The van der Waals surface area contributed by atoms with Crippen LogP contribution in [0.3, 0.4) is 0 Å². The van der Waals surface area contributed by atoms with Gasteiger partial charge in [0.05, 0.1) is 5.60 Å². The molecule has 2 unspecified atom stereocenters. The van der Waals surface area contributed by atoms with Gasteiger partial charge in [-0.05, 0) is 20.8 Å². The molecular weight excluding hydrogens is 220 g/mol. The van der Waals surface area contributed by atoms with Crippen LogP contribution in [-0.2, 0) is 9.59 Å². The van der Waals surface area contributed by atoms with E-state index in [1.165, 1.54) is 6.92 Å². The third kappa shape index (κ3) is 2.97. The first kappa shape index (κ1) is 14.0. The number of β-amino-alcohol motifs (C(OH)–C–C–N with tert-alkyl or cyclic N) is 1. The molecule has 2 amide bonds. The zero-order valence-corrected chi connectivity index (χ0v) is 11.2. The minimum Gasteiger partial charge on any atom is -0.388 e. The summed E-state index contributed by atoms with van der Waals surface area (Å²) in [6.07, 6.45) is 0. The highest BCUT2D eigenvalue weighted by Gasteiger charge is 2.44. The molecule has 1 fully saturated rings. The summed E-state index contributed by atoms with van der Waals surface area (Å²) in [5.74, 6) is -0.348. The van der Waals surface area contributed by atoms with Gasteiger partial charge in [0, 0.05) is 25.9 Å². The van der Waals surface area contributed by atoms with E-state index in [2.05, 4.69) is 5.32 Å². The van der Waals surface area contributed by atoms with Gasteiger partial charge in [-0.1, -0.05) is 6.92 Å². The van der Waals surface area contributed by atoms with Crippen molar-refractivity contribution in [2.45, 2.75) is 45.8 Å². The molecule has 1 heterocycles. The van der Waals surface area contributed by atoms with Gasteiger partial charge in [0.15, 0.2) is 0 Å². The molecule has 0 aromatic rings. The molecule has 5 heteroatoms. The van der Waals surface area contributed by atoms with Crippen LogP contribution >= 0.6 is 0 Å². The number of rotatable bonds is 2. The zero-order valence-electron chi connectivity index (χ0n) is 11.2. The van der Waals surface area contributed by atoms with Gasteiger partial charge in [-0.15, -0.1) is 0 Å². The Bertz CT molecular complexity index is 337. The number of likely N-dealkylation sites (tertiary alicyclic amines) is 1. The maximum absolute atomic E-state index is 12.2. The van der Waals surface area contributed by atoms with Crippen molar-refractivity contribution in [3.05, 3.63) is 0 Å². The van der Waals surface area contributed by atoms with Crippen LogP contribution in [0.25, 0.3) is 0 Å². The Kier molecular flexibility index (Phi) is 3.52. The number of hydrogen-bond acceptors (Lipinski definition) is 3. The molecule has 0 aromatic heterocycles. The van der Waals surface area contributed by atoms with Crippen molar-refractivity contribution in [2.75, 3.05) is 13.1 Å². The van der Waals surface area contributed by atoms with E-state index in [1.54, 1.807) is 25.7 Å². The molecule has 0 aliphatic carbocycles. The van der Waals surface area contributed by atoms with Crippen LogP contribution in [0.1, 0.15) is 34.6 Å². The summed E-state index contributed by atoms with van der Waals surface area (Å²) >= 11 is 0. The summed E-state index contributed by atoms with van der Waals surface area (Å²) < 4.78 is 0. The number of nitrogens with one attached hydrogen (secondary N) is 1. The van der Waals surface area contributed by atoms with E-state index < -0.39 is 11.1 Å².